The number of anilines is 1. The van der Waals surface area contributed by atoms with Crippen LogP contribution in [0.15, 0.2) is 6.07 Å². The molecule has 5 heteroatoms. The maximum Gasteiger partial charge on any atom is 0.162 e. The highest BCUT2D eigenvalue weighted by atomic mass is 32.1. The van der Waals surface area contributed by atoms with Crippen molar-refractivity contribution in [3.63, 3.8) is 0 Å². The second-order valence-corrected chi connectivity index (χ2v) is 6.48. The smallest absolute Gasteiger partial charge is 0.162 e. The molecule has 0 atom stereocenters. The maximum absolute atomic E-state index is 5.61. The Morgan fingerprint density at radius 3 is 2.37 bits per heavy atom. The molecule has 3 N–H and O–H groups in total. The summed E-state index contributed by atoms with van der Waals surface area (Å²) in [6.45, 7) is 10.4. The van der Waals surface area contributed by atoms with Crippen LogP contribution in [0.4, 0.5) is 5.82 Å². The van der Waals surface area contributed by atoms with E-state index < -0.39 is 0 Å². The molecule has 0 aromatic carbocycles. The summed E-state index contributed by atoms with van der Waals surface area (Å²) in [6, 6.07) is 2.13. The molecule has 0 aliphatic rings. The van der Waals surface area contributed by atoms with Crippen molar-refractivity contribution < 1.29 is 0 Å². The normalized spacial score (nSPS) is 11.1. The van der Waals surface area contributed by atoms with Crippen molar-refractivity contribution in [1.82, 2.24) is 9.97 Å². The lowest BCUT2D eigenvalue weighted by Gasteiger charge is -2.15. The molecule has 0 aliphatic carbocycles. The lowest BCUT2D eigenvalue weighted by atomic mass is 10.0. The van der Waals surface area contributed by atoms with E-state index in [1.165, 1.54) is 9.75 Å². The number of nitrogens with zero attached hydrogens (tertiary/aromatic N) is 2. The summed E-state index contributed by atoms with van der Waals surface area (Å²) in [4.78, 5) is 11.7. The molecule has 2 rings (SSSR count). The van der Waals surface area contributed by atoms with Crippen LogP contribution >= 0.6 is 11.3 Å². The molecule has 0 aliphatic heterocycles. The highest BCUT2D eigenvalue weighted by Crippen LogP contribution is 2.32. The average molecular weight is 276 g/mol. The van der Waals surface area contributed by atoms with Gasteiger partial charge in [-0.25, -0.2) is 15.8 Å². The Morgan fingerprint density at radius 1 is 1.21 bits per heavy atom. The first-order valence-corrected chi connectivity index (χ1v) is 7.18. The van der Waals surface area contributed by atoms with Gasteiger partial charge < -0.3 is 5.43 Å². The molecule has 0 unspecified atom stereocenters. The lowest BCUT2D eigenvalue weighted by Crippen LogP contribution is -2.14. The van der Waals surface area contributed by atoms with Gasteiger partial charge in [-0.2, -0.15) is 0 Å². The molecule has 2 aromatic heterocycles. The Hall–Kier alpha value is -1.46. The average Bonchev–Trinajstić information content (AvgIpc) is 2.66. The molecule has 19 heavy (non-hydrogen) atoms. The van der Waals surface area contributed by atoms with Crippen LogP contribution in [-0.4, -0.2) is 9.97 Å². The van der Waals surface area contributed by atoms with Crippen molar-refractivity contribution in [2.75, 3.05) is 5.43 Å². The minimum absolute atomic E-state index is 0.338. The Balaban J connectivity index is 2.61. The van der Waals surface area contributed by atoms with Gasteiger partial charge in [0, 0.05) is 26.6 Å². The van der Waals surface area contributed by atoms with Crippen LogP contribution in [0.1, 0.15) is 40.8 Å². The van der Waals surface area contributed by atoms with E-state index in [9.17, 15) is 0 Å². The SMILES string of the molecule is Cc1cc(-c2nc(C)c(C(C)C)c(NN)n2)c(C)s1. The number of thiophene rings is 1. The molecule has 102 valence electrons. The number of hydrogen-bond acceptors (Lipinski definition) is 5. The van der Waals surface area contributed by atoms with Crippen LogP contribution in [0.2, 0.25) is 0 Å². The highest BCUT2D eigenvalue weighted by Gasteiger charge is 2.16. The first-order chi connectivity index (χ1) is 8.93. The molecule has 0 radical (unpaired) electrons. The number of aryl methyl sites for hydroxylation is 3. The number of nitrogens with one attached hydrogen (secondary N) is 1. The predicted molar refractivity (Wildman–Crippen MR) is 81.5 cm³/mol. The van der Waals surface area contributed by atoms with Crippen molar-refractivity contribution in [3.8, 4) is 11.4 Å². The summed E-state index contributed by atoms with van der Waals surface area (Å²) in [5.41, 5.74) is 5.86. The first kappa shape index (κ1) is 14.0. The van der Waals surface area contributed by atoms with Crippen molar-refractivity contribution in [2.45, 2.75) is 40.5 Å². The highest BCUT2D eigenvalue weighted by molar-refractivity contribution is 7.12. The fourth-order valence-electron chi connectivity index (χ4n) is 2.36. The van der Waals surface area contributed by atoms with Crippen molar-refractivity contribution in [2.24, 2.45) is 5.84 Å². The minimum Gasteiger partial charge on any atom is -0.308 e. The Kier molecular flexibility index (Phi) is 3.87. The maximum atomic E-state index is 5.61. The van der Waals surface area contributed by atoms with Crippen molar-refractivity contribution in [1.29, 1.82) is 0 Å². The van der Waals surface area contributed by atoms with E-state index in [-0.39, 0.29) is 0 Å². The zero-order valence-electron chi connectivity index (χ0n) is 12.0. The largest absolute Gasteiger partial charge is 0.308 e. The molecule has 2 heterocycles. The molecule has 0 saturated carbocycles. The van der Waals surface area contributed by atoms with Gasteiger partial charge in [0.1, 0.15) is 5.82 Å². The fourth-order valence-corrected chi connectivity index (χ4v) is 3.28. The van der Waals surface area contributed by atoms with E-state index in [2.05, 4.69) is 49.2 Å². The molecule has 0 bridgehead atoms. The summed E-state index contributed by atoms with van der Waals surface area (Å²) in [5, 5.41) is 0. The Bertz CT molecular complexity index is 602. The van der Waals surface area contributed by atoms with Gasteiger partial charge in [-0.15, -0.1) is 11.3 Å². The van der Waals surface area contributed by atoms with Crippen LogP contribution in [0, 0.1) is 20.8 Å². The molecule has 0 saturated heterocycles. The van der Waals surface area contributed by atoms with Crippen LogP contribution in [0.3, 0.4) is 0 Å². The van der Waals surface area contributed by atoms with E-state index >= 15 is 0 Å². The van der Waals surface area contributed by atoms with Crippen LogP contribution in [-0.2, 0) is 0 Å². The number of rotatable bonds is 3. The second-order valence-electron chi connectivity index (χ2n) is 5.02. The van der Waals surface area contributed by atoms with Gasteiger partial charge in [-0.3, -0.25) is 0 Å². The molecular formula is C14H20N4S. The van der Waals surface area contributed by atoms with E-state index in [1.54, 1.807) is 11.3 Å². The van der Waals surface area contributed by atoms with Crippen LogP contribution < -0.4 is 11.3 Å². The van der Waals surface area contributed by atoms with Crippen molar-refractivity contribution in [3.05, 3.63) is 27.1 Å². The van der Waals surface area contributed by atoms with Gasteiger partial charge in [0.2, 0.25) is 0 Å². The number of nitrogens with two attached hydrogens (primary N) is 1. The minimum atomic E-state index is 0.338. The Labute approximate surface area is 118 Å². The summed E-state index contributed by atoms with van der Waals surface area (Å²) < 4.78 is 0. The molecule has 0 fully saturated rings. The van der Waals surface area contributed by atoms with Crippen LogP contribution in [0.25, 0.3) is 11.4 Å². The van der Waals surface area contributed by atoms with E-state index in [4.69, 9.17) is 5.84 Å². The molecule has 2 aromatic rings. The van der Waals surface area contributed by atoms with Crippen molar-refractivity contribution >= 4 is 17.2 Å². The van der Waals surface area contributed by atoms with Gasteiger partial charge in [-0.1, -0.05) is 13.8 Å². The summed E-state index contributed by atoms with van der Waals surface area (Å²) in [7, 11) is 0. The quantitative estimate of drug-likeness (QED) is 0.665. The monoisotopic (exact) mass is 276 g/mol. The zero-order valence-corrected chi connectivity index (χ0v) is 12.9. The second kappa shape index (κ2) is 5.27. The van der Waals surface area contributed by atoms with Gasteiger partial charge in [0.15, 0.2) is 5.82 Å². The standard InChI is InChI=1S/C14H20N4S/c1-7(2)12-9(4)16-13(17-14(12)18-15)11-6-8(3)19-10(11)5/h6-7H,15H2,1-5H3,(H,16,17,18). The number of aromatic nitrogens is 2. The van der Waals surface area contributed by atoms with Gasteiger partial charge in [-0.05, 0) is 32.8 Å². The van der Waals surface area contributed by atoms with E-state index in [0.717, 1.165) is 28.5 Å². The zero-order chi connectivity index (χ0) is 14.2. The van der Waals surface area contributed by atoms with E-state index in [0.29, 0.717) is 5.92 Å². The van der Waals surface area contributed by atoms with E-state index in [1.807, 2.05) is 6.92 Å². The van der Waals surface area contributed by atoms with Gasteiger partial charge in [0.25, 0.3) is 0 Å². The third-order valence-electron chi connectivity index (χ3n) is 3.13. The molecule has 4 nitrogen and oxygen atoms in total. The summed E-state index contributed by atoms with van der Waals surface area (Å²) in [5.74, 6) is 7.42. The first-order valence-electron chi connectivity index (χ1n) is 6.36. The number of hydrazine groups is 1. The third-order valence-corrected chi connectivity index (χ3v) is 4.10. The van der Waals surface area contributed by atoms with Crippen LogP contribution in [0.5, 0.6) is 0 Å². The fraction of sp³-hybridized carbons (Fsp3) is 0.429. The van der Waals surface area contributed by atoms with Gasteiger partial charge in [0.05, 0.1) is 0 Å². The topological polar surface area (TPSA) is 63.8 Å². The predicted octanol–water partition coefficient (Wildman–Crippen LogP) is 3.54. The Morgan fingerprint density at radius 2 is 1.89 bits per heavy atom. The number of nitrogen functional groups attached to an aromatic ring is 1. The summed E-state index contributed by atoms with van der Waals surface area (Å²) >= 11 is 1.76. The molecule has 0 amide bonds. The summed E-state index contributed by atoms with van der Waals surface area (Å²) in [6.07, 6.45) is 0. The molecule has 0 spiro atoms. The lowest BCUT2D eigenvalue weighted by molar-refractivity contribution is 0.832. The number of hydrogen-bond donors (Lipinski definition) is 2. The van der Waals surface area contributed by atoms with Gasteiger partial charge >= 0.3 is 0 Å². The third kappa shape index (κ3) is 2.62. The molecular weight excluding hydrogens is 256 g/mol.